The first-order valence-electron chi connectivity index (χ1n) is 4.71. The van der Waals surface area contributed by atoms with Crippen LogP contribution in [0, 0.1) is 0 Å². The van der Waals surface area contributed by atoms with E-state index in [1.807, 2.05) is 0 Å². The van der Waals surface area contributed by atoms with Crippen molar-refractivity contribution in [3.05, 3.63) is 0 Å². The van der Waals surface area contributed by atoms with Gasteiger partial charge in [0.15, 0.2) is 0 Å². The van der Waals surface area contributed by atoms with Crippen molar-refractivity contribution in [1.82, 2.24) is 14.0 Å². The van der Waals surface area contributed by atoms with Crippen LogP contribution in [-0.4, -0.2) is 66.8 Å². The SMILES string of the molecule is CN(C)S(=O)(=O)N1CC(O)CC(N(F)F)C1. The van der Waals surface area contributed by atoms with Gasteiger partial charge in [-0.1, -0.05) is 0 Å². The van der Waals surface area contributed by atoms with Gasteiger partial charge in [0.25, 0.3) is 10.2 Å². The molecule has 0 saturated carbocycles. The Morgan fingerprint density at radius 3 is 2.31 bits per heavy atom. The molecule has 0 aromatic carbocycles. The van der Waals surface area contributed by atoms with E-state index >= 15 is 0 Å². The first-order valence-corrected chi connectivity index (χ1v) is 6.11. The zero-order chi connectivity index (χ0) is 12.5. The summed E-state index contributed by atoms with van der Waals surface area (Å²) in [6.07, 6.45) is -1.20. The van der Waals surface area contributed by atoms with Crippen LogP contribution in [-0.2, 0) is 10.2 Å². The third-order valence-electron chi connectivity index (χ3n) is 2.44. The van der Waals surface area contributed by atoms with Crippen molar-refractivity contribution in [3.8, 4) is 0 Å². The van der Waals surface area contributed by atoms with Gasteiger partial charge in [0.1, 0.15) is 0 Å². The molecule has 1 N–H and O–H groups in total. The fourth-order valence-corrected chi connectivity index (χ4v) is 2.75. The fraction of sp³-hybridized carbons (Fsp3) is 1.00. The number of nitrogens with zero attached hydrogens (tertiary/aromatic N) is 3. The molecule has 1 aliphatic heterocycles. The monoisotopic (exact) mass is 259 g/mol. The molecule has 0 aromatic heterocycles. The Kier molecular flexibility index (Phi) is 4.18. The summed E-state index contributed by atoms with van der Waals surface area (Å²) in [7, 11) is -1.13. The first-order chi connectivity index (χ1) is 7.25. The van der Waals surface area contributed by atoms with Gasteiger partial charge in [0.05, 0.1) is 12.1 Å². The zero-order valence-electron chi connectivity index (χ0n) is 9.05. The quantitative estimate of drug-likeness (QED) is 0.681. The Morgan fingerprint density at radius 2 is 1.88 bits per heavy atom. The number of β-amino-alcohol motifs (C(OH)–C–C–N with tert-alkyl or cyclic N) is 1. The Morgan fingerprint density at radius 1 is 1.31 bits per heavy atom. The van der Waals surface area contributed by atoms with Crippen LogP contribution in [0.1, 0.15) is 6.42 Å². The summed E-state index contributed by atoms with van der Waals surface area (Å²) >= 11 is 0. The minimum absolute atomic E-state index is 0.132. The molecule has 1 saturated heterocycles. The molecule has 2 atom stereocenters. The molecule has 6 nitrogen and oxygen atoms in total. The van der Waals surface area contributed by atoms with Crippen molar-refractivity contribution < 1.29 is 22.5 Å². The summed E-state index contributed by atoms with van der Waals surface area (Å²) in [6.45, 7) is -0.463. The fourth-order valence-electron chi connectivity index (χ4n) is 1.57. The molecule has 1 rings (SSSR count). The third kappa shape index (κ3) is 2.86. The van der Waals surface area contributed by atoms with Crippen molar-refractivity contribution in [2.45, 2.75) is 18.6 Å². The van der Waals surface area contributed by atoms with Crippen LogP contribution in [0.25, 0.3) is 0 Å². The molecule has 16 heavy (non-hydrogen) atoms. The van der Waals surface area contributed by atoms with E-state index in [0.29, 0.717) is 0 Å². The second kappa shape index (κ2) is 4.88. The highest BCUT2D eigenvalue weighted by Crippen LogP contribution is 2.20. The Hall–Kier alpha value is -0.350. The van der Waals surface area contributed by atoms with Crippen molar-refractivity contribution in [3.63, 3.8) is 0 Å². The molecule has 0 bridgehead atoms. The van der Waals surface area contributed by atoms with Crippen LogP contribution in [0.15, 0.2) is 0 Å². The second-order valence-electron chi connectivity index (χ2n) is 3.91. The van der Waals surface area contributed by atoms with E-state index in [0.717, 1.165) is 8.61 Å². The first kappa shape index (κ1) is 13.7. The highest BCUT2D eigenvalue weighted by atomic mass is 32.2. The number of halogens is 2. The maximum atomic E-state index is 12.3. The number of aliphatic hydroxyl groups excluding tert-OH is 1. The third-order valence-corrected chi connectivity index (χ3v) is 4.31. The summed E-state index contributed by atoms with van der Waals surface area (Å²) < 4.78 is 49.8. The molecule has 0 amide bonds. The molecular weight excluding hydrogens is 244 g/mol. The van der Waals surface area contributed by atoms with Crippen LogP contribution in [0.5, 0.6) is 0 Å². The van der Waals surface area contributed by atoms with E-state index in [9.17, 15) is 22.5 Å². The Bertz CT molecular complexity index is 336. The van der Waals surface area contributed by atoms with E-state index < -0.39 is 27.7 Å². The highest BCUT2D eigenvalue weighted by Gasteiger charge is 2.37. The topological polar surface area (TPSA) is 64.1 Å². The van der Waals surface area contributed by atoms with Crippen LogP contribution >= 0.6 is 0 Å². The largest absolute Gasteiger partial charge is 0.392 e. The number of piperidine rings is 1. The van der Waals surface area contributed by atoms with Crippen molar-refractivity contribution in [2.75, 3.05) is 27.2 Å². The summed E-state index contributed by atoms with van der Waals surface area (Å²) in [4.78, 5) is 0. The second-order valence-corrected chi connectivity index (χ2v) is 6.05. The van der Waals surface area contributed by atoms with Crippen molar-refractivity contribution >= 4 is 10.2 Å². The Labute approximate surface area is 93.1 Å². The van der Waals surface area contributed by atoms with Gasteiger partial charge in [0.2, 0.25) is 0 Å². The summed E-state index contributed by atoms with van der Waals surface area (Å²) in [5.74, 6) is 0. The standard InChI is InChI=1S/C7H15F2N3O3S/c1-10(2)16(14,15)11-4-6(12(8)9)3-7(13)5-11/h6-7,13H,3-5H2,1-2H3. The molecular formula is C7H15F2N3O3S. The van der Waals surface area contributed by atoms with E-state index in [1.54, 1.807) is 0 Å². The molecule has 0 aliphatic carbocycles. The summed E-state index contributed by atoms with van der Waals surface area (Å²) in [5.41, 5.74) is 0. The average Bonchev–Trinajstić information content (AvgIpc) is 2.16. The maximum Gasteiger partial charge on any atom is 0.281 e. The van der Waals surface area contributed by atoms with Gasteiger partial charge in [-0.25, -0.2) is 0 Å². The Balaban J connectivity index is 2.83. The molecule has 2 unspecified atom stereocenters. The molecule has 0 spiro atoms. The molecule has 9 heteroatoms. The molecule has 1 fully saturated rings. The van der Waals surface area contributed by atoms with Gasteiger partial charge in [-0.15, -0.1) is 8.96 Å². The number of hydrogen-bond donors (Lipinski definition) is 1. The zero-order valence-corrected chi connectivity index (χ0v) is 9.86. The highest BCUT2D eigenvalue weighted by molar-refractivity contribution is 7.86. The molecule has 96 valence electrons. The average molecular weight is 259 g/mol. The lowest BCUT2D eigenvalue weighted by molar-refractivity contribution is -0.201. The molecule has 0 radical (unpaired) electrons. The van der Waals surface area contributed by atoms with Crippen molar-refractivity contribution in [2.24, 2.45) is 0 Å². The van der Waals surface area contributed by atoms with Gasteiger partial charge >= 0.3 is 0 Å². The van der Waals surface area contributed by atoms with E-state index in [-0.39, 0.29) is 19.5 Å². The minimum Gasteiger partial charge on any atom is -0.392 e. The van der Waals surface area contributed by atoms with E-state index in [2.05, 4.69) is 0 Å². The predicted molar refractivity (Wildman–Crippen MR) is 52.6 cm³/mol. The van der Waals surface area contributed by atoms with Crippen molar-refractivity contribution in [1.29, 1.82) is 0 Å². The number of aliphatic hydroxyl groups is 1. The lowest BCUT2D eigenvalue weighted by Crippen LogP contribution is -2.53. The molecule has 1 heterocycles. The maximum absolute atomic E-state index is 12.3. The normalized spacial score (nSPS) is 28.9. The van der Waals surface area contributed by atoms with Crippen LogP contribution in [0.3, 0.4) is 0 Å². The molecule has 0 aromatic rings. The van der Waals surface area contributed by atoms with Gasteiger partial charge in [-0.05, 0) is 6.42 Å². The van der Waals surface area contributed by atoms with Gasteiger partial charge in [-0.2, -0.15) is 17.0 Å². The van der Waals surface area contributed by atoms with E-state index in [4.69, 9.17) is 0 Å². The van der Waals surface area contributed by atoms with Gasteiger partial charge in [0, 0.05) is 32.5 Å². The van der Waals surface area contributed by atoms with Gasteiger partial charge in [-0.3, -0.25) is 0 Å². The lowest BCUT2D eigenvalue weighted by atomic mass is 10.1. The van der Waals surface area contributed by atoms with Gasteiger partial charge < -0.3 is 5.11 Å². The van der Waals surface area contributed by atoms with Crippen LogP contribution < -0.4 is 0 Å². The van der Waals surface area contributed by atoms with Crippen LogP contribution in [0.2, 0.25) is 0 Å². The number of rotatable bonds is 3. The molecule has 1 aliphatic rings. The smallest absolute Gasteiger partial charge is 0.281 e. The lowest BCUT2D eigenvalue weighted by Gasteiger charge is -2.35. The predicted octanol–water partition coefficient (Wildman–Crippen LogP) is -0.701. The van der Waals surface area contributed by atoms with Crippen LogP contribution in [0.4, 0.5) is 8.96 Å². The summed E-state index contributed by atoms with van der Waals surface area (Å²) in [6, 6.07) is -1.27. The number of hydrogen-bond acceptors (Lipinski definition) is 4. The minimum atomic E-state index is -3.75. The summed E-state index contributed by atoms with van der Waals surface area (Å²) in [5, 5.41) is 8.30. The van der Waals surface area contributed by atoms with E-state index in [1.165, 1.54) is 14.1 Å².